The van der Waals surface area contributed by atoms with Crippen molar-refractivity contribution >= 4 is 11.9 Å². The summed E-state index contributed by atoms with van der Waals surface area (Å²) in [5, 5.41) is 0. The van der Waals surface area contributed by atoms with E-state index in [0.29, 0.717) is 23.0 Å². The lowest BCUT2D eigenvalue weighted by Crippen LogP contribution is -2.39. The van der Waals surface area contributed by atoms with E-state index in [1.807, 2.05) is 11.0 Å². The van der Waals surface area contributed by atoms with Gasteiger partial charge in [0.2, 0.25) is 0 Å². The van der Waals surface area contributed by atoms with Crippen LogP contribution in [0, 0.1) is 11.8 Å². The molecule has 0 aliphatic heterocycles. The molecular weight excluding hydrogens is 362 g/mol. The van der Waals surface area contributed by atoms with E-state index in [9.17, 15) is 9.59 Å². The van der Waals surface area contributed by atoms with Gasteiger partial charge in [-0.05, 0) is 42.9 Å². The fraction of sp³-hybridized carbons (Fsp3) is 0.680. The first-order valence-corrected chi connectivity index (χ1v) is 11.5. The predicted molar refractivity (Wildman–Crippen MR) is 120 cm³/mol. The normalized spacial score (nSPS) is 13.0. The van der Waals surface area contributed by atoms with Gasteiger partial charge in [-0.1, -0.05) is 72.3 Å². The molecular formula is C25H41NO3. The number of nitrogens with zero attached hydrogens (tertiary/aromatic N) is 1. The summed E-state index contributed by atoms with van der Waals surface area (Å²) < 4.78 is 4.82. The third kappa shape index (κ3) is 8.59. The predicted octanol–water partition coefficient (Wildman–Crippen LogP) is 6.35. The molecule has 0 bridgehead atoms. The van der Waals surface area contributed by atoms with Crippen LogP contribution in [0.25, 0.3) is 0 Å². The smallest absolute Gasteiger partial charge is 0.337 e. The minimum Gasteiger partial charge on any atom is -0.465 e. The lowest BCUT2D eigenvalue weighted by Gasteiger charge is -2.31. The van der Waals surface area contributed by atoms with Crippen molar-refractivity contribution in [2.45, 2.75) is 79.1 Å². The van der Waals surface area contributed by atoms with Gasteiger partial charge in [-0.25, -0.2) is 4.79 Å². The van der Waals surface area contributed by atoms with Crippen LogP contribution in [0.2, 0.25) is 0 Å². The molecule has 1 rings (SSSR count). The highest BCUT2D eigenvalue weighted by Crippen LogP contribution is 2.21. The van der Waals surface area contributed by atoms with Crippen molar-refractivity contribution in [2.24, 2.45) is 11.8 Å². The minimum atomic E-state index is -0.407. The molecule has 0 aliphatic carbocycles. The van der Waals surface area contributed by atoms with Gasteiger partial charge in [0.05, 0.1) is 12.7 Å². The van der Waals surface area contributed by atoms with E-state index in [-0.39, 0.29) is 5.91 Å². The third-order valence-corrected chi connectivity index (χ3v) is 5.86. The van der Waals surface area contributed by atoms with Crippen molar-refractivity contribution in [2.75, 3.05) is 20.2 Å². The SMILES string of the molecule is CCCCC(CC)CN(CC(CC)CCCC)C(=O)c1cccc(C(=O)OC)c1. The molecule has 2 atom stereocenters. The van der Waals surface area contributed by atoms with Crippen molar-refractivity contribution in [1.29, 1.82) is 0 Å². The van der Waals surface area contributed by atoms with E-state index in [2.05, 4.69) is 27.7 Å². The zero-order chi connectivity index (χ0) is 21.6. The Morgan fingerprint density at radius 1 is 0.897 bits per heavy atom. The van der Waals surface area contributed by atoms with Gasteiger partial charge in [-0.2, -0.15) is 0 Å². The molecule has 0 N–H and O–H groups in total. The van der Waals surface area contributed by atoms with Crippen molar-refractivity contribution < 1.29 is 14.3 Å². The molecule has 4 heteroatoms. The Balaban J connectivity index is 3.06. The fourth-order valence-corrected chi connectivity index (χ4v) is 3.78. The molecule has 0 radical (unpaired) electrons. The first-order valence-electron chi connectivity index (χ1n) is 11.5. The average molecular weight is 404 g/mol. The Morgan fingerprint density at radius 3 is 1.86 bits per heavy atom. The first kappa shape index (κ1) is 25.2. The van der Waals surface area contributed by atoms with E-state index in [1.165, 1.54) is 32.8 Å². The molecule has 0 aliphatic rings. The lowest BCUT2D eigenvalue weighted by atomic mass is 9.95. The van der Waals surface area contributed by atoms with Crippen molar-refractivity contribution in [3.05, 3.63) is 35.4 Å². The maximum absolute atomic E-state index is 13.4. The summed E-state index contributed by atoms with van der Waals surface area (Å²) >= 11 is 0. The van der Waals surface area contributed by atoms with Gasteiger partial charge in [0.15, 0.2) is 0 Å². The molecule has 2 unspecified atom stereocenters. The lowest BCUT2D eigenvalue weighted by molar-refractivity contribution is 0.0600. The second-order valence-electron chi connectivity index (χ2n) is 8.12. The monoisotopic (exact) mass is 403 g/mol. The summed E-state index contributed by atoms with van der Waals surface area (Å²) in [6, 6.07) is 6.93. The molecule has 4 nitrogen and oxygen atoms in total. The summed E-state index contributed by atoms with van der Waals surface area (Å²) in [6.45, 7) is 10.4. The standard InChI is InChI=1S/C25H41NO3/c1-6-10-13-20(8-3)18-26(19-21(9-4)14-11-7-2)24(27)22-15-12-16-23(17-22)25(28)29-5/h12,15-17,20-21H,6-11,13-14,18-19H2,1-5H3. The average Bonchev–Trinajstić information content (AvgIpc) is 2.77. The van der Waals surface area contributed by atoms with Gasteiger partial charge in [0.1, 0.15) is 0 Å². The summed E-state index contributed by atoms with van der Waals surface area (Å²) in [4.78, 5) is 27.4. The second-order valence-corrected chi connectivity index (χ2v) is 8.12. The molecule has 1 aromatic rings. The number of ether oxygens (including phenoxy) is 1. The molecule has 164 valence electrons. The van der Waals surface area contributed by atoms with Crippen LogP contribution in [0.15, 0.2) is 24.3 Å². The number of benzene rings is 1. The van der Waals surface area contributed by atoms with Crippen LogP contribution < -0.4 is 0 Å². The summed E-state index contributed by atoms with van der Waals surface area (Å²) in [5.41, 5.74) is 0.998. The highest BCUT2D eigenvalue weighted by atomic mass is 16.5. The fourth-order valence-electron chi connectivity index (χ4n) is 3.78. The molecule has 29 heavy (non-hydrogen) atoms. The van der Waals surface area contributed by atoms with E-state index < -0.39 is 5.97 Å². The molecule has 0 spiro atoms. The number of hydrogen-bond donors (Lipinski definition) is 0. The molecule has 0 fully saturated rings. The molecule has 1 aromatic carbocycles. The topological polar surface area (TPSA) is 46.6 Å². The minimum absolute atomic E-state index is 0.0284. The van der Waals surface area contributed by atoms with Crippen molar-refractivity contribution in [3.8, 4) is 0 Å². The second kappa shape index (κ2) is 14.2. The van der Waals surface area contributed by atoms with Crippen LogP contribution in [0.3, 0.4) is 0 Å². The van der Waals surface area contributed by atoms with E-state index >= 15 is 0 Å². The molecule has 0 aromatic heterocycles. The zero-order valence-electron chi connectivity index (χ0n) is 19.2. The van der Waals surface area contributed by atoms with Crippen molar-refractivity contribution in [3.63, 3.8) is 0 Å². The van der Waals surface area contributed by atoms with Gasteiger partial charge in [-0.15, -0.1) is 0 Å². The number of methoxy groups -OCH3 is 1. The van der Waals surface area contributed by atoms with Gasteiger partial charge in [0, 0.05) is 18.7 Å². The number of carbonyl (C=O) groups is 2. The Labute approximate surface area is 178 Å². The van der Waals surface area contributed by atoms with Gasteiger partial charge < -0.3 is 9.64 Å². The largest absolute Gasteiger partial charge is 0.465 e. The van der Waals surface area contributed by atoms with Crippen LogP contribution >= 0.6 is 0 Å². The highest BCUT2D eigenvalue weighted by molar-refractivity contribution is 5.97. The van der Waals surface area contributed by atoms with E-state index in [0.717, 1.165) is 38.8 Å². The number of amides is 1. The summed E-state index contributed by atoms with van der Waals surface area (Å²) in [7, 11) is 1.36. The van der Waals surface area contributed by atoms with Crippen LogP contribution in [-0.4, -0.2) is 37.0 Å². The number of unbranched alkanes of at least 4 members (excludes halogenated alkanes) is 2. The highest BCUT2D eigenvalue weighted by Gasteiger charge is 2.23. The summed E-state index contributed by atoms with van der Waals surface area (Å²) in [6.07, 6.45) is 9.24. The number of hydrogen-bond acceptors (Lipinski definition) is 3. The van der Waals surface area contributed by atoms with Gasteiger partial charge >= 0.3 is 5.97 Å². The summed E-state index contributed by atoms with van der Waals surface area (Å²) in [5.74, 6) is 0.661. The molecule has 0 saturated heterocycles. The van der Waals surface area contributed by atoms with Crippen LogP contribution in [0.1, 0.15) is 99.8 Å². The quantitative estimate of drug-likeness (QED) is 0.340. The van der Waals surface area contributed by atoms with Crippen LogP contribution in [0.5, 0.6) is 0 Å². The maximum Gasteiger partial charge on any atom is 0.337 e. The number of esters is 1. The Kier molecular flexibility index (Phi) is 12.3. The Hall–Kier alpha value is -1.84. The molecule has 0 saturated carbocycles. The van der Waals surface area contributed by atoms with Crippen LogP contribution in [0.4, 0.5) is 0 Å². The van der Waals surface area contributed by atoms with Gasteiger partial charge in [-0.3, -0.25) is 4.79 Å². The van der Waals surface area contributed by atoms with E-state index in [4.69, 9.17) is 4.74 Å². The van der Waals surface area contributed by atoms with Gasteiger partial charge in [0.25, 0.3) is 5.91 Å². The first-order chi connectivity index (χ1) is 14.0. The number of rotatable bonds is 14. The maximum atomic E-state index is 13.4. The molecule has 0 heterocycles. The Bertz CT molecular complexity index is 596. The Morgan fingerprint density at radius 2 is 1.41 bits per heavy atom. The van der Waals surface area contributed by atoms with Crippen LogP contribution in [-0.2, 0) is 4.74 Å². The third-order valence-electron chi connectivity index (χ3n) is 5.86. The zero-order valence-corrected chi connectivity index (χ0v) is 19.2. The molecule has 1 amide bonds. The van der Waals surface area contributed by atoms with E-state index in [1.54, 1.807) is 18.2 Å². The van der Waals surface area contributed by atoms with Crippen molar-refractivity contribution in [1.82, 2.24) is 4.90 Å². The number of carbonyl (C=O) groups excluding carboxylic acids is 2.